The summed E-state index contributed by atoms with van der Waals surface area (Å²) in [6.07, 6.45) is 4.55. The number of nitrogens with zero attached hydrogens (tertiary/aromatic N) is 2. The Balaban J connectivity index is 1.56. The van der Waals surface area contributed by atoms with Gasteiger partial charge in [-0.1, -0.05) is 6.07 Å². The number of phenols is 1. The molecule has 3 rings (SSSR count). The highest BCUT2D eigenvalue weighted by atomic mass is 16.3. The highest BCUT2D eigenvalue weighted by Crippen LogP contribution is 2.22. The van der Waals surface area contributed by atoms with Gasteiger partial charge in [0.25, 0.3) is 11.8 Å². The van der Waals surface area contributed by atoms with Crippen LogP contribution in [0.3, 0.4) is 0 Å². The van der Waals surface area contributed by atoms with E-state index < -0.39 is 0 Å². The quantitative estimate of drug-likeness (QED) is 0.897. The fourth-order valence-corrected chi connectivity index (χ4v) is 2.99. The maximum Gasteiger partial charge on any atom is 0.257 e. The molecule has 0 atom stereocenters. The molecule has 2 N–H and O–H groups in total. The molecule has 6 nitrogen and oxygen atoms in total. The topological polar surface area (TPSA) is 82.5 Å². The zero-order chi connectivity index (χ0) is 17.8. The average Bonchev–Trinajstić information content (AvgIpc) is 2.62. The smallest absolute Gasteiger partial charge is 0.257 e. The SMILES string of the molecule is Cc1ccc(C(=O)N2CCC(NC(=O)c3ccncc3)CC2)c(O)c1. The van der Waals surface area contributed by atoms with Crippen LogP contribution in [0.2, 0.25) is 0 Å². The molecule has 0 radical (unpaired) electrons. The summed E-state index contributed by atoms with van der Waals surface area (Å²) < 4.78 is 0. The Morgan fingerprint density at radius 2 is 1.84 bits per heavy atom. The van der Waals surface area contributed by atoms with E-state index in [2.05, 4.69) is 10.3 Å². The predicted octanol–water partition coefficient (Wildman–Crippen LogP) is 2.13. The van der Waals surface area contributed by atoms with Crippen molar-refractivity contribution in [3.63, 3.8) is 0 Å². The highest BCUT2D eigenvalue weighted by Gasteiger charge is 2.26. The highest BCUT2D eigenvalue weighted by molar-refractivity contribution is 5.97. The minimum Gasteiger partial charge on any atom is -0.507 e. The van der Waals surface area contributed by atoms with Crippen molar-refractivity contribution in [1.82, 2.24) is 15.2 Å². The number of carbonyl (C=O) groups is 2. The molecule has 2 amide bonds. The van der Waals surface area contributed by atoms with E-state index in [1.165, 1.54) is 0 Å². The maximum atomic E-state index is 12.6. The van der Waals surface area contributed by atoms with Gasteiger partial charge in [0, 0.05) is 37.1 Å². The largest absolute Gasteiger partial charge is 0.507 e. The van der Waals surface area contributed by atoms with Gasteiger partial charge in [0.2, 0.25) is 0 Å². The zero-order valence-corrected chi connectivity index (χ0v) is 14.1. The second-order valence-electron chi connectivity index (χ2n) is 6.30. The van der Waals surface area contributed by atoms with Gasteiger partial charge >= 0.3 is 0 Å². The first-order valence-corrected chi connectivity index (χ1v) is 8.34. The molecule has 2 heterocycles. The minimum atomic E-state index is -0.170. The summed E-state index contributed by atoms with van der Waals surface area (Å²) in [5.74, 6) is -0.280. The number of phenolic OH excluding ortho intramolecular Hbond substituents is 1. The fourth-order valence-electron chi connectivity index (χ4n) is 2.99. The first-order valence-electron chi connectivity index (χ1n) is 8.34. The van der Waals surface area contributed by atoms with Crippen LogP contribution in [-0.2, 0) is 0 Å². The van der Waals surface area contributed by atoms with Crippen molar-refractivity contribution in [3.8, 4) is 5.75 Å². The van der Waals surface area contributed by atoms with Gasteiger partial charge in [-0.25, -0.2) is 0 Å². The Labute approximate surface area is 146 Å². The Morgan fingerprint density at radius 1 is 1.16 bits per heavy atom. The van der Waals surface area contributed by atoms with E-state index >= 15 is 0 Å². The van der Waals surface area contributed by atoms with Crippen LogP contribution in [0.4, 0.5) is 0 Å². The van der Waals surface area contributed by atoms with E-state index in [9.17, 15) is 14.7 Å². The van der Waals surface area contributed by atoms with E-state index in [1.54, 1.807) is 41.6 Å². The molecule has 1 aliphatic rings. The summed E-state index contributed by atoms with van der Waals surface area (Å²) in [5, 5.41) is 13.0. The van der Waals surface area contributed by atoms with Crippen molar-refractivity contribution in [2.45, 2.75) is 25.8 Å². The molecule has 0 unspecified atom stereocenters. The number of hydrogen-bond acceptors (Lipinski definition) is 4. The van der Waals surface area contributed by atoms with Crippen LogP contribution < -0.4 is 5.32 Å². The number of hydrogen-bond donors (Lipinski definition) is 2. The van der Waals surface area contributed by atoms with Gasteiger partial charge in [0.15, 0.2) is 0 Å². The number of piperidine rings is 1. The van der Waals surface area contributed by atoms with Crippen molar-refractivity contribution in [1.29, 1.82) is 0 Å². The molecular weight excluding hydrogens is 318 g/mol. The van der Waals surface area contributed by atoms with Crippen LogP contribution in [0.1, 0.15) is 39.1 Å². The molecule has 130 valence electrons. The number of amides is 2. The summed E-state index contributed by atoms with van der Waals surface area (Å²) >= 11 is 0. The predicted molar refractivity (Wildman–Crippen MR) is 93.5 cm³/mol. The summed E-state index contributed by atoms with van der Waals surface area (Å²) in [6, 6.07) is 8.45. The Bertz CT molecular complexity index is 769. The van der Waals surface area contributed by atoms with Gasteiger partial charge in [0.05, 0.1) is 5.56 Å². The molecule has 0 bridgehead atoms. The number of carbonyl (C=O) groups excluding carboxylic acids is 2. The lowest BCUT2D eigenvalue weighted by Gasteiger charge is -2.32. The van der Waals surface area contributed by atoms with E-state index in [1.807, 2.05) is 13.0 Å². The third-order valence-corrected chi connectivity index (χ3v) is 4.44. The maximum absolute atomic E-state index is 12.6. The molecule has 0 spiro atoms. The molecule has 2 aromatic rings. The van der Waals surface area contributed by atoms with Crippen molar-refractivity contribution in [3.05, 3.63) is 59.4 Å². The van der Waals surface area contributed by atoms with E-state index in [-0.39, 0.29) is 23.6 Å². The van der Waals surface area contributed by atoms with Gasteiger partial charge in [-0.05, 0) is 49.6 Å². The number of likely N-dealkylation sites (tertiary alicyclic amines) is 1. The molecule has 1 saturated heterocycles. The van der Waals surface area contributed by atoms with Crippen molar-refractivity contribution in [2.75, 3.05) is 13.1 Å². The molecule has 1 fully saturated rings. The minimum absolute atomic E-state index is 0.0121. The van der Waals surface area contributed by atoms with E-state index in [4.69, 9.17) is 0 Å². The van der Waals surface area contributed by atoms with Crippen molar-refractivity contribution >= 4 is 11.8 Å². The Morgan fingerprint density at radius 3 is 2.48 bits per heavy atom. The number of aromatic nitrogens is 1. The van der Waals surface area contributed by atoms with Crippen LogP contribution in [0.15, 0.2) is 42.7 Å². The zero-order valence-electron chi connectivity index (χ0n) is 14.1. The summed E-state index contributed by atoms with van der Waals surface area (Å²) in [7, 11) is 0. The van der Waals surface area contributed by atoms with Crippen LogP contribution in [0.5, 0.6) is 5.75 Å². The molecule has 0 saturated carbocycles. The number of aromatic hydroxyl groups is 1. The number of nitrogens with one attached hydrogen (secondary N) is 1. The van der Waals surface area contributed by atoms with Gasteiger partial charge in [-0.2, -0.15) is 0 Å². The molecule has 0 aliphatic carbocycles. The summed E-state index contributed by atoms with van der Waals surface area (Å²) in [4.78, 5) is 30.4. The third-order valence-electron chi connectivity index (χ3n) is 4.44. The molecule has 1 aromatic heterocycles. The fraction of sp³-hybridized carbons (Fsp3) is 0.316. The van der Waals surface area contributed by atoms with Crippen LogP contribution in [0.25, 0.3) is 0 Å². The lowest BCUT2D eigenvalue weighted by atomic mass is 10.0. The van der Waals surface area contributed by atoms with Crippen LogP contribution >= 0.6 is 0 Å². The van der Waals surface area contributed by atoms with Crippen LogP contribution in [0, 0.1) is 6.92 Å². The molecule has 6 heteroatoms. The second kappa shape index (κ2) is 7.34. The van der Waals surface area contributed by atoms with E-state index in [0.29, 0.717) is 37.1 Å². The van der Waals surface area contributed by atoms with Gasteiger partial charge in [-0.15, -0.1) is 0 Å². The number of aryl methyl sites for hydroxylation is 1. The molecule has 25 heavy (non-hydrogen) atoms. The lowest BCUT2D eigenvalue weighted by molar-refractivity contribution is 0.0695. The van der Waals surface area contributed by atoms with E-state index in [0.717, 1.165) is 5.56 Å². The first kappa shape index (κ1) is 17.0. The van der Waals surface area contributed by atoms with Crippen molar-refractivity contribution in [2.24, 2.45) is 0 Å². The van der Waals surface area contributed by atoms with Gasteiger partial charge in [0.1, 0.15) is 5.75 Å². The molecular formula is C19H21N3O3. The normalized spacial score (nSPS) is 15.0. The molecule has 1 aliphatic heterocycles. The van der Waals surface area contributed by atoms with Gasteiger partial charge in [-0.3, -0.25) is 14.6 Å². The first-order chi connectivity index (χ1) is 12.0. The summed E-state index contributed by atoms with van der Waals surface area (Å²) in [6.45, 7) is 2.96. The third kappa shape index (κ3) is 3.96. The van der Waals surface area contributed by atoms with Crippen LogP contribution in [-0.4, -0.2) is 45.9 Å². The average molecular weight is 339 g/mol. The van der Waals surface area contributed by atoms with Gasteiger partial charge < -0.3 is 15.3 Å². The molecule has 1 aromatic carbocycles. The Hall–Kier alpha value is -2.89. The second-order valence-corrected chi connectivity index (χ2v) is 6.30. The lowest BCUT2D eigenvalue weighted by Crippen LogP contribution is -2.46. The number of rotatable bonds is 3. The summed E-state index contributed by atoms with van der Waals surface area (Å²) in [5.41, 5.74) is 1.81. The monoisotopic (exact) mass is 339 g/mol. The number of pyridine rings is 1. The number of benzene rings is 1. The standard InChI is InChI=1S/C19H21N3O3/c1-13-2-3-16(17(23)12-13)19(25)22-10-6-15(7-11-22)21-18(24)14-4-8-20-9-5-14/h2-5,8-9,12,15,23H,6-7,10-11H2,1H3,(H,21,24). The Kier molecular flexibility index (Phi) is 4.97. The van der Waals surface area contributed by atoms with Crippen molar-refractivity contribution < 1.29 is 14.7 Å².